The molecular weight excluding hydrogens is 448 g/mol. The predicted octanol–water partition coefficient (Wildman–Crippen LogP) is 3.15. The molecule has 3 aliphatic heterocycles. The first-order chi connectivity index (χ1) is 17.0. The van der Waals surface area contributed by atoms with Crippen molar-refractivity contribution >= 4 is 18.0 Å². The highest BCUT2D eigenvalue weighted by Gasteiger charge is 2.54. The fourth-order valence-electron chi connectivity index (χ4n) is 6.52. The fraction of sp³-hybridized carbons (Fsp3) is 0.444. The van der Waals surface area contributed by atoms with Crippen LogP contribution in [0.4, 0.5) is 4.79 Å². The number of ether oxygens (including phenoxy) is 2. The summed E-state index contributed by atoms with van der Waals surface area (Å²) in [6.07, 6.45) is 1.12. The quantitative estimate of drug-likeness (QED) is 0.687. The van der Waals surface area contributed by atoms with Gasteiger partial charge in [-0.05, 0) is 47.9 Å². The summed E-state index contributed by atoms with van der Waals surface area (Å²) in [7, 11) is 0. The van der Waals surface area contributed by atoms with Gasteiger partial charge in [0.1, 0.15) is 6.61 Å². The van der Waals surface area contributed by atoms with Gasteiger partial charge in [0.15, 0.2) is 6.10 Å². The highest BCUT2D eigenvalue weighted by atomic mass is 16.6. The number of carbonyl (C=O) groups is 3. The highest BCUT2D eigenvalue weighted by Crippen LogP contribution is 2.45. The Morgan fingerprint density at radius 3 is 2.34 bits per heavy atom. The largest absolute Gasteiger partial charge is 0.481 e. The van der Waals surface area contributed by atoms with Gasteiger partial charge in [-0.2, -0.15) is 0 Å². The Morgan fingerprint density at radius 1 is 1.00 bits per heavy atom. The SMILES string of the molecule is O=C(NC1CCOC1C(=O)N1[C@@H]2CC[C@H]1[C@@H](C(=O)O)C2)OCC1c2ccccc2-c2ccccc21. The number of fused-ring (bicyclic) bond motifs is 5. The predicted molar refractivity (Wildman–Crippen MR) is 126 cm³/mol. The molecule has 8 heteroatoms. The van der Waals surface area contributed by atoms with Gasteiger partial charge in [0.25, 0.3) is 5.91 Å². The van der Waals surface area contributed by atoms with E-state index in [1.807, 2.05) is 24.3 Å². The number of amides is 2. The van der Waals surface area contributed by atoms with Crippen molar-refractivity contribution < 1.29 is 29.0 Å². The first kappa shape index (κ1) is 22.1. The van der Waals surface area contributed by atoms with E-state index < -0.39 is 30.1 Å². The second-order valence-corrected chi connectivity index (χ2v) is 9.88. The maximum atomic E-state index is 13.3. The first-order valence-corrected chi connectivity index (χ1v) is 12.3. The van der Waals surface area contributed by atoms with Crippen LogP contribution in [-0.4, -0.2) is 65.4 Å². The zero-order valence-corrected chi connectivity index (χ0v) is 19.3. The van der Waals surface area contributed by atoms with Crippen molar-refractivity contribution in [3.05, 3.63) is 59.7 Å². The molecule has 182 valence electrons. The Balaban J connectivity index is 1.10. The summed E-state index contributed by atoms with van der Waals surface area (Å²) in [4.78, 5) is 39.4. The van der Waals surface area contributed by atoms with E-state index in [0.717, 1.165) is 28.7 Å². The minimum Gasteiger partial charge on any atom is -0.481 e. The number of aliphatic carboxylic acids is 1. The smallest absolute Gasteiger partial charge is 0.407 e. The average Bonchev–Trinajstić information content (AvgIpc) is 3.64. The van der Waals surface area contributed by atoms with E-state index in [1.165, 1.54) is 0 Å². The van der Waals surface area contributed by atoms with E-state index in [9.17, 15) is 19.5 Å². The van der Waals surface area contributed by atoms with Gasteiger partial charge < -0.3 is 24.8 Å². The number of benzene rings is 2. The number of nitrogens with one attached hydrogen (secondary N) is 1. The summed E-state index contributed by atoms with van der Waals surface area (Å²) >= 11 is 0. The van der Waals surface area contributed by atoms with Gasteiger partial charge in [-0.1, -0.05) is 48.5 Å². The Bertz CT molecular complexity index is 1140. The van der Waals surface area contributed by atoms with Gasteiger partial charge >= 0.3 is 12.1 Å². The molecule has 8 nitrogen and oxygen atoms in total. The Morgan fingerprint density at radius 2 is 1.69 bits per heavy atom. The average molecular weight is 477 g/mol. The molecule has 3 saturated heterocycles. The third-order valence-corrected chi connectivity index (χ3v) is 8.09. The van der Waals surface area contributed by atoms with Crippen molar-refractivity contribution in [1.82, 2.24) is 10.2 Å². The van der Waals surface area contributed by atoms with Gasteiger partial charge in [0.05, 0.1) is 12.0 Å². The van der Waals surface area contributed by atoms with Crippen molar-refractivity contribution in [3.8, 4) is 11.1 Å². The summed E-state index contributed by atoms with van der Waals surface area (Å²) in [5.41, 5.74) is 4.59. The molecular formula is C27H28N2O6. The van der Waals surface area contributed by atoms with Crippen molar-refractivity contribution in [2.75, 3.05) is 13.2 Å². The van der Waals surface area contributed by atoms with Crippen molar-refractivity contribution in [1.29, 1.82) is 0 Å². The maximum absolute atomic E-state index is 13.3. The van der Waals surface area contributed by atoms with Crippen LogP contribution in [0.2, 0.25) is 0 Å². The molecule has 5 atom stereocenters. The van der Waals surface area contributed by atoms with Crippen LogP contribution < -0.4 is 5.32 Å². The van der Waals surface area contributed by atoms with Crippen LogP contribution in [0.25, 0.3) is 11.1 Å². The molecule has 0 radical (unpaired) electrons. The number of hydrogen-bond acceptors (Lipinski definition) is 5. The van der Waals surface area contributed by atoms with E-state index >= 15 is 0 Å². The Hall–Kier alpha value is -3.39. The summed E-state index contributed by atoms with van der Waals surface area (Å²) in [5, 5.41) is 12.3. The van der Waals surface area contributed by atoms with Crippen LogP contribution in [0.5, 0.6) is 0 Å². The lowest BCUT2D eigenvalue weighted by Gasteiger charge is -2.28. The lowest BCUT2D eigenvalue weighted by atomic mass is 9.89. The molecule has 2 amide bonds. The summed E-state index contributed by atoms with van der Waals surface area (Å²) in [6.45, 7) is 0.554. The normalized spacial score (nSPS) is 28.6. The zero-order chi connectivity index (χ0) is 24.1. The lowest BCUT2D eigenvalue weighted by molar-refractivity contribution is -0.145. The third-order valence-electron chi connectivity index (χ3n) is 8.09. The van der Waals surface area contributed by atoms with Crippen LogP contribution in [0, 0.1) is 5.92 Å². The van der Waals surface area contributed by atoms with Crippen LogP contribution in [0.1, 0.15) is 42.7 Å². The molecule has 2 bridgehead atoms. The van der Waals surface area contributed by atoms with Gasteiger partial charge in [0.2, 0.25) is 0 Å². The molecule has 1 aliphatic carbocycles. The van der Waals surface area contributed by atoms with Gasteiger partial charge in [-0.3, -0.25) is 9.59 Å². The highest BCUT2D eigenvalue weighted by molar-refractivity contribution is 5.86. The number of carboxylic acids is 1. The van der Waals surface area contributed by atoms with E-state index in [-0.39, 0.29) is 30.5 Å². The molecule has 3 fully saturated rings. The second kappa shape index (κ2) is 8.68. The summed E-state index contributed by atoms with van der Waals surface area (Å²) in [5.74, 6) is -1.63. The number of rotatable bonds is 5. The van der Waals surface area contributed by atoms with Gasteiger partial charge in [0, 0.05) is 24.6 Å². The molecule has 6 rings (SSSR count). The third kappa shape index (κ3) is 3.67. The minimum absolute atomic E-state index is 0.0430. The molecule has 2 aromatic rings. The molecule has 0 spiro atoms. The monoisotopic (exact) mass is 476 g/mol. The van der Waals surface area contributed by atoms with E-state index in [1.54, 1.807) is 4.90 Å². The molecule has 0 saturated carbocycles. The molecule has 35 heavy (non-hydrogen) atoms. The van der Waals surface area contributed by atoms with Crippen LogP contribution in [0.3, 0.4) is 0 Å². The summed E-state index contributed by atoms with van der Waals surface area (Å²) < 4.78 is 11.4. The van der Waals surface area contributed by atoms with Gasteiger partial charge in [-0.15, -0.1) is 0 Å². The second-order valence-electron chi connectivity index (χ2n) is 9.88. The van der Waals surface area contributed by atoms with Crippen molar-refractivity contribution in [3.63, 3.8) is 0 Å². The minimum atomic E-state index is -0.851. The van der Waals surface area contributed by atoms with Crippen molar-refractivity contribution in [2.45, 2.75) is 55.8 Å². The van der Waals surface area contributed by atoms with Crippen LogP contribution >= 0.6 is 0 Å². The topological polar surface area (TPSA) is 105 Å². The number of hydrogen-bond donors (Lipinski definition) is 2. The van der Waals surface area contributed by atoms with E-state index in [4.69, 9.17) is 9.47 Å². The number of carbonyl (C=O) groups excluding carboxylic acids is 2. The summed E-state index contributed by atoms with van der Waals surface area (Å²) in [6, 6.07) is 15.4. The van der Waals surface area contributed by atoms with Gasteiger partial charge in [-0.25, -0.2) is 4.79 Å². The lowest BCUT2D eigenvalue weighted by Crippen LogP contribution is -2.51. The fourth-order valence-corrected chi connectivity index (χ4v) is 6.52. The molecule has 0 aromatic heterocycles. The van der Waals surface area contributed by atoms with Crippen LogP contribution in [-0.2, 0) is 19.1 Å². The van der Waals surface area contributed by atoms with Crippen LogP contribution in [0.15, 0.2) is 48.5 Å². The molecule has 2 N–H and O–H groups in total. The molecule has 4 aliphatic rings. The standard InChI is InChI=1S/C27H28N2O6/c30-25(29-15-9-10-23(29)20(13-15)26(31)32)24-22(11-12-34-24)28-27(33)35-14-21-18-7-3-1-5-16(18)17-6-2-4-8-19(17)21/h1-8,15,20-24H,9-14H2,(H,28,33)(H,31,32)/t15-,20+,22?,23+,24?/m1/s1. The zero-order valence-electron chi connectivity index (χ0n) is 19.3. The molecule has 3 heterocycles. The molecule has 2 unspecified atom stereocenters. The maximum Gasteiger partial charge on any atom is 0.407 e. The van der Waals surface area contributed by atoms with Crippen molar-refractivity contribution in [2.24, 2.45) is 5.92 Å². The Labute approximate surface area is 203 Å². The molecule has 2 aromatic carbocycles. The number of alkyl carbamates (subject to hydrolysis) is 1. The number of carboxylic acid groups (broad SMARTS) is 1. The Kier molecular flexibility index (Phi) is 5.48. The number of nitrogens with zero attached hydrogens (tertiary/aromatic N) is 1. The first-order valence-electron chi connectivity index (χ1n) is 12.3. The van der Waals surface area contributed by atoms with E-state index in [0.29, 0.717) is 25.9 Å². The van der Waals surface area contributed by atoms with E-state index in [2.05, 4.69) is 29.6 Å².